The zero-order chi connectivity index (χ0) is 20.9. The van der Waals surface area contributed by atoms with Crippen molar-refractivity contribution in [2.24, 2.45) is 12.8 Å². The van der Waals surface area contributed by atoms with Gasteiger partial charge in [0.2, 0.25) is 0 Å². The van der Waals surface area contributed by atoms with Crippen LogP contribution in [0.5, 0.6) is 0 Å². The minimum atomic E-state index is -0.139. The van der Waals surface area contributed by atoms with E-state index in [0.717, 1.165) is 22.6 Å². The maximum Gasteiger partial charge on any atom is 0.254 e. The minimum Gasteiger partial charge on any atom is -0.338 e. The summed E-state index contributed by atoms with van der Waals surface area (Å²) >= 11 is 0. The Kier molecular flexibility index (Phi) is 4.90. The van der Waals surface area contributed by atoms with Gasteiger partial charge in [-0.3, -0.25) is 4.79 Å². The lowest BCUT2D eigenvalue weighted by Gasteiger charge is -2.18. The molecule has 1 aliphatic heterocycles. The van der Waals surface area contributed by atoms with E-state index < -0.39 is 0 Å². The number of amides is 1. The molecule has 3 aromatic rings. The van der Waals surface area contributed by atoms with Gasteiger partial charge in [0.25, 0.3) is 5.91 Å². The number of aromatic nitrogens is 5. The number of hydrogen-bond acceptors (Lipinski definition) is 5. The molecule has 1 amide bonds. The van der Waals surface area contributed by atoms with Gasteiger partial charge in [-0.25, -0.2) is 14.6 Å². The van der Waals surface area contributed by atoms with Crippen molar-refractivity contribution in [1.29, 1.82) is 0 Å². The van der Waals surface area contributed by atoms with E-state index in [0.29, 0.717) is 18.7 Å². The van der Waals surface area contributed by atoms with Crippen LogP contribution < -0.4 is 5.73 Å². The molecule has 0 aliphatic carbocycles. The highest BCUT2D eigenvalue weighted by atomic mass is 16.2. The van der Waals surface area contributed by atoms with Crippen LogP contribution in [0.4, 0.5) is 0 Å². The van der Waals surface area contributed by atoms with Crippen molar-refractivity contribution in [3.63, 3.8) is 0 Å². The number of likely N-dealkylation sites (tertiary alicyclic amines) is 1. The fraction of sp³-hybridized carbons (Fsp3) is 0.524. The van der Waals surface area contributed by atoms with E-state index in [-0.39, 0.29) is 29.8 Å². The molecule has 0 radical (unpaired) electrons. The van der Waals surface area contributed by atoms with Crippen molar-refractivity contribution >= 4 is 16.9 Å². The minimum absolute atomic E-state index is 0.0187. The van der Waals surface area contributed by atoms with E-state index >= 15 is 0 Å². The van der Waals surface area contributed by atoms with Crippen molar-refractivity contribution in [2.75, 3.05) is 13.1 Å². The number of carbonyl (C=O) groups excluding carboxylic acids is 1. The van der Waals surface area contributed by atoms with Gasteiger partial charge in [0.05, 0.1) is 23.1 Å². The van der Waals surface area contributed by atoms with Gasteiger partial charge in [-0.1, -0.05) is 13.8 Å². The number of imidazole rings is 1. The summed E-state index contributed by atoms with van der Waals surface area (Å²) in [5.74, 6) is 1.14. The summed E-state index contributed by atoms with van der Waals surface area (Å²) in [6.45, 7) is 9.37. The summed E-state index contributed by atoms with van der Waals surface area (Å²) in [7, 11) is 1.96. The van der Waals surface area contributed by atoms with Gasteiger partial charge in [0.15, 0.2) is 5.65 Å². The zero-order valence-corrected chi connectivity index (χ0v) is 17.7. The molecule has 4 rings (SSSR count). The van der Waals surface area contributed by atoms with Crippen LogP contribution >= 0.6 is 0 Å². The molecular formula is C21H29N7O. The molecule has 0 unspecified atom stereocenters. The number of rotatable bonds is 4. The summed E-state index contributed by atoms with van der Waals surface area (Å²) in [6.07, 6.45) is 5.44. The van der Waals surface area contributed by atoms with E-state index in [2.05, 4.69) is 37.8 Å². The number of fused-ring (bicyclic) bond motifs is 1. The lowest BCUT2D eigenvalue weighted by atomic mass is 10.0. The third-order valence-corrected chi connectivity index (χ3v) is 5.74. The van der Waals surface area contributed by atoms with Crippen molar-refractivity contribution in [2.45, 2.75) is 51.6 Å². The van der Waals surface area contributed by atoms with Crippen LogP contribution in [0.2, 0.25) is 0 Å². The van der Waals surface area contributed by atoms with Crippen LogP contribution in [0, 0.1) is 0 Å². The first-order chi connectivity index (χ1) is 13.8. The first-order valence-corrected chi connectivity index (χ1v) is 10.2. The summed E-state index contributed by atoms with van der Waals surface area (Å²) in [6, 6.07) is 1.94. The highest BCUT2D eigenvalue weighted by molar-refractivity contribution is 6.05. The predicted molar refractivity (Wildman–Crippen MR) is 112 cm³/mol. The maximum atomic E-state index is 13.5. The van der Waals surface area contributed by atoms with Crippen molar-refractivity contribution < 1.29 is 4.79 Å². The molecule has 29 heavy (non-hydrogen) atoms. The Bertz CT molecular complexity index is 1050. The van der Waals surface area contributed by atoms with Gasteiger partial charge in [0.1, 0.15) is 5.82 Å². The summed E-state index contributed by atoms with van der Waals surface area (Å²) in [4.78, 5) is 24.6. The Labute approximate surface area is 170 Å². The number of nitrogens with two attached hydrogens (primary N) is 1. The highest BCUT2D eigenvalue weighted by Gasteiger charge is 2.37. The van der Waals surface area contributed by atoms with Crippen LogP contribution in [-0.2, 0) is 7.05 Å². The lowest BCUT2D eigenvalue weighted by Crippen LogP contribution is -2.32. The topological polar surface area (TPSA) is 94.9 Å². The molecule has 0 saturated carbocycles. The van der Waals surface area contributed by atoms with Gasteiger partial charge in [0, 0.05) is 50.3 Å². The molecule has 0 spiro atoms. The van der Waals surface area contributed by atoms with E-state index in [1.807, 2.05) is 33.5 Å². The zero-order valence-electron chi connectivity index (χ0n) is 17.7. The second-order valence-electron chi connectivity index (χ2n) is 8.55. The van der Waals surface area contributed by atoms with E-state index in [1.54, 1.807) is 12.4 Å². The van der Waals surface area contributed by atoms with Crippen molar-refractivity contribution in [1.82, 2.24) is 29.2 Å². The largest absolute Gasteiger partial charge is 0.338 e. The molecule has 1 saturated heterocycles. The fourth-order valence-electron chi connectivity index (χ4n) is 4.06. The third kappa shape index (κ3) is 3.31. The maximum absolute atomic E-state index is 13.5. The molecule has 1 fully saturated rings. The summed E-state index contributed by atoms with van der Waals surface area (Å²) in [5.41, 5.74) is 8.71. The SMILES string of the molecule is CC(C)c1cc(C(=O)N2C[C@@H](N)[C@H](c3nccn3C)C2)c2cnn(C(C)C)c2n1. The molecule has 2 atom stereocenters. The predicted octanol–water partition coefficient (Wildman–Crippen LogP) is 2.44. The molecule has 8 heteroatoms. The van der Waals surface area contributed by atoms with Crippen molar-refractivity contribution in [3.8, 4) is 0 Å². The second-order valence-corrected chi connectivity index (χ2v) is 8.55. The molecular weight excluding hydrogens is 366 g/mol. The molecule has 2 N–H and O–H groups in total. The molecule has 4 heterocycles. The van der Waals surface area contributed by atoms with Gasteiger partial charge in [-0.2, -0.15) is 5.10 Å². The number of hydrogen-bond donors (Lipinski definition) is 1. The van der Waals surface area contributed by atoms with Gasteiger partial charge >= 0.3 is 0 Å². The van der Waals surface area contributed by atoms with Gasteiger partial charge in [-0.05, 0) is 25.8 Å². The monoisotopic (exact) mass is 395 g/mol. The molecule has 0 aromatic carbocycles. The number of carbonyl (C=O) groups is 1. The molecule has 8 nitrogen and oxygen atoms in total. The average molecular weight is 396 g/mol. The average Bonchev–Trinajstić information content (AvgIpc) is 3.37. The van der Waals surface area contributed by atoms with Crippen LogP contribution in [0.15, 0.2) is 24.7 Å². The van der Waals surface area contributed by atoms with E-state index in [1.165, 1.54) is 0 Å². The van der Waals surface area contributed by atoms with Crippen LogP contribution in [0.25, 0.3) is 11.0 Å². The fourth-order valence-corrected chi connectivity index (χ4v) is 4.06. The van der Waals surface area contributed by atoms with Gasteiger partial charge in [-0.15, -0.1) is 0 Å². The molecule has 154 valence electrons. The highest BCUT2D eigenvalue weighted by Crippen LogP contribution is 2.29. The first-order valence-electron chi connectivity index (χ1n) is 10.2. The lowest BCUT2D eigenvalue weighted by molar-refractivity contribution is 0.0790. The van der Waals surface area contributed by atoms with E-state index in [9.17, 15) is 4.79 Å². The molecule has 3 aromatic heterocycles. The summed E-state index contributed by atoms with van der Waals surface area (Å²) in [5, 5.41) is 5.29. The number of nitrogens with zero attached hydrogens (tertiary/aromatic N) is 6. The third-order valence-electron chi connectivity index (χ3n) is 5.74. The van der Waals surface area contributed by atoms with Crippen LogP contribution in [0.1, 0.15) is 67.4 Å². The normalized spacial score (nSPS) is 19.8. The Morgan fingerprint density at radius 1 is 1.24 bits per heavy atom. The molecule has 1 aliphatic rings. The summed E-state index contributed by atoms with van der Waals surface area (Å²) < 4.78 is 3.86. The standard InChI is InChI=1S/C21H29N7O/c1-12(2)18-8-14(15-9-24-28(13(3)4)20(15)25-18)21(29)27-10-16(17(22)11-27)19-23-6-7-26(19)5/h6-9,12-13,16-17H,10-11,22H2,1-5H3/t16-,17-/m1/s1. The number of aryl methyl sites for hydroxylation is 1. The molecule has 0 bridgehead atoms. The Balaban J connectivity index is 1.73. The van der Waals surface area contributed by atoms with Crippen LogP contribution in [-0.4, -0.2) is 54.3 Å². The van der Waals surface area contributed by atoms with Crippen molar-refractivity contribution in [3.05, 3.63) is 41.7 Å². The van der Waals surface area contributed by atoms with Crippen LogP contribution in [0.3, 0.4) is 0 Å². The Hall–Kier alpha value is -2.74. The van der Waals surface area contributed by atoms with Gasteiger partial charge < -0.3 is 15.2 Å². The Morgan fingerprint density at radius 2 is 2.00 bits per heavy atom. The first kappa shape index (κ1) is 19.6. The number of pyridine rings is 1. The quantitative estimate of drug-likeness (QED) is 0.732. The smallest absolute Gasteiger partial charge is 0.254 e. The van der Waals surface area contributed by atoms with E-state index in [4.69, 9.17) is 10.7 Å². The Morgan fingerprint density at radius 3 is 2.62 bits per heavy atom. The second kappa shape index (κ2) is 7.26.